The second-order valence-electron chi connectivity index (χ2n) is 5.37. The molecule has 18 heavy (non-hydrogen) atoms. The van der Waals surface area contributed by atoms with Crippen LogP contribution in [0.25, 0.3) is 0 Å². The zero-order chi connectivity index (χ0) is 12.8. The Morgan fingerprint density at radius 2 is 2.28 bits per heavy atom. The maximum Gasteiger partial charge on any atom is 0.307 e. The second-order valence-corrected chi connectivity index (χ2v) is 5.37. The van der Waals surface area contributed by atoms with Crippen LogP contribution < -0.4 is 0 Å². The van der Waals surface area contributed by atoms with Crippen LogP contribution in [0.15, 0.2) is 0 Å². The third-order valence-electron chi connectivity index (χ3n) is 3.72. The van der Waals surface area contributed by atoms with E-state index in [1.807, 2.05) is 0 Å². The minimum absolute atomic E-state index is 0.0575. The average Bonchev–Trinajstić information content (AvgIpc) is 3.21. The normalized spacial score (nSPS) is 25.1. The summed E-state index contributed by atoms with van der Waals surface area (Å²) >= 11 is 0. The topological polar surface area (TPSA) is 38.8 Å². The van der Waals surface area contributed by atoms with Crippen molar-refractivity contribution in [2.24, 2.45) is 5.92 Å². The predicted molar refractivity (Wildman–Crippen MR) is 69.4 cm³/mol. The zero-order valence-electron chi connectivity index (χ0n) is 11.4. The summed E-state index contributed by atoms with van der Waals surface area (Å²) in [5.41, 5.74) is 0. The summed E-state index contributed by atoms with van der Waals surface area (Å²) in [6, 6.07) is 0. The summed E-state index contributed by atoms with van der Waals surface area (Å²) < 4.78 is 10.9. The van der Waals surface area contributed by atoms with Crippen LogP contribution in [-0.2, 0) is 14.3 Å². The first-order valence-corrected chi connectivity index (χ1v) is 7.29. The molecule has 0 amide bonds. The van der Waals surface area contributed by atoms with Crippen molar-refractivity contribution < 1.29 is 14.3 Å². The van der Waals surface area contributed by atoms with Gasteiger partial charge in [0.1, 0.15) is 0 Å². The molecule has 0 N–H and O–H groups in total. The van der Waals surface area contributed by atoms with Gasteiger partial charge in [-0.05, 0) is 25.2 Å². The van der Waals surface area contributed by atoms with Crippen molar-refractivity contribution in [1.82, 2.24) is 4.90 Å². The Balaban J connectivity index is 1.58. The smallest absolute Gasteiger partial charge is 0.307 e. The Morgan fingerprint density at radius 1 is 1.44 bits per heavy atom. The molecule has 2 fully saturated rings. The van der Waals surface area contributed by atoms with Crippen LogP contribution >= 0.6 is 0 Å². The minimum atomic E-state index is -0.0575. The third-order valence-corrected chi connectivity index (χ3v) is 3.72. The van der Waals surface area contributed by atoms with Gasteiger partial charge in [-0.3, -0.25) is 9.69 Å². The Kier molecular flexibility index (Phi) is 5.45. The molecule has 1 saturated carbocycles. The summed E-state index contributed by atoms with van der Waals surface area (Å²) in [6.07, 6.45) is 5.60. The van der Waals surface area contributed by atoms with E-state index in [1.165, 1.54) is 12.8 Å². The van der Waals surface area contributed by atoms with E-state index >= 15 is 0 Å². The van der Waals surface area contributed by atoms with Crippen LogP contribution in [0.1, 0.15) is 39.0 Å². The lowest BCUT2D eigenvalue weighted by Crippen LogP contribution is -2.44. The van der Waals surface area contributed by atoms with Crippen molar-refractivity contribution >= 4 is 5.97 Å². The lowest BCUT2D eigenvalue weighted by atomic mass is 10.2. The number of morpholine rings is 1. The quantitative estimate of drug-likeness (QED) is 0.514. The molecule has 2 aliphatic rings. The fourth-order valence-electron chi connectivity index (χ4n) is 2.34. The van der Waals surface area contributed by atoms with Gasteiger partial charge >= 0.3 is 5.97 Å². The van der Waals surface area contributed by atoms with Crippen LogP contribution in [0.5, 0.6) is 0 Å². The molecule has 0 aromatic heterocycles. The van der Waals surface area contributed by atoms with Crippen LogP contribution in [0, 0.1) is 5.92 Å². The summed E-state index contributed by atoms with van der Waals surface area (Å²) in [5.74, 6) is 0.724. The fraction of sp³-hybridized carbons (Fsp3) is 0.929. The molecule has 4 nitrogen and oxygen atoms in total. The van der Waals surface area contributed by atoms with Crippen molar-refractivity contribution in [3.63, 3.8) is 0 Å². The number of carbonyl (C=O) groups is 1. The summed E-state index contributed by atoms with van der Waals surface area (Å²) in [5, 5.41) is 0. The number of nitrogens with zero attached hydrogens (tertiary/aromatic N) is 1. The van der Waals surface area contributed by atoms with Gasteiger partial charge in [-0.25, -0.2) is 0 Å². The first-order valence-electron chi connectivity index (χ1n) is 7.29. The number of hydrogen-bond acceptors (Lipinski definition) is 4. The Labute approximate surface area is 110 Å². The molecule has 4 heteroatoms. The van der Waals surface area contributed by atoms with E-state index in [0.717, 1.165) is 45.0 Å². The maximum absolute atomic E-state index is 11.5. The first kappa shape index (κ1) is 13.8. The number of carbonyl (C=O) groups excluding carboxylic acids is 1. The molecule has 0 spiro atoms. The fourth-order valence-corrected chi connectivity index (χ4v) is 2.34. The van der Waals surface area contributed by atoms with Crippen molar-refractivity contribution in [2.45, 2.75) is 45.1 Å². The van der Waals surface area contributed by atoms with Crippen LogP contribution in [-0.4, -0.2) is 49.8 Å². The predicted octanol–water partition coefficient (Wildman–Crippen LogP) is 1.83. The van der Waals surface area contributed by atoms with Crippen LogP contribution in [0.4, 0.5) is 0 Å². The molecular weight excluding hydrogens is 230 g/mol. The van der Waals surface area contributed by atoms with Crippen molar-refractivity contribution in [3.05, 3.63) is 0 Å². The molecule has 1 aliphatic carbocycles. The summed E-state index contributed by atoms with van der Waals surface area (Å²) in [4.78, 5) is 13.8. The van der Waals surface area contributed by atoms with Crippen LogP contribution in [0.3, 0.4) is 0 Å². The molecule has 1 aliphatic heterocycles. The second kappa shape index (κ2) is 7.10. The summed E-state index contributed by atoms with van der Waals surface area (Å²) in [7, 11) is 0. The van der Waals surface area contributed by atoms with Gasteiger partial charge < -0.3 is 9.47 Å². The molecular formula is C14H25NO3. The van der Waals surface area contributed by atoms with Gasteiger partial charge in [-0.1, -0.05) is 13.3 Å². The molecule has 0 aromatic carbocycles. The monoisotopic (exact) mass is 255 g/mol. The van der Waals surface area contributed by atoms with E-state index in [9.17, 15) is 4.79 Å². The maximum atomic E-state index is 11.5. The number of ether oxygens (including phenoxy) is 2. The first-order chi connectivity index (χ1) is 8.79. The van der Waals surface area contributed by atoms with Gasteiger partial charge in [-0.15, -0.1) is 0 Å². The third kappa shape index (κ3) is 4.58. The summed E-state index contributed by atoms with van der Waals surface area (Å²) in [6.45, 7) is 6.24. The molecule has 0 radical (unpaired) electrons. The van der Waals surface area contributed by atoms with E-state index in [-0.39, 0.29) is 5.97 Å². The highest BCUT2D eigenvalue weighted by atomic mass is 16.5. The standard InChI is InChI=1S/C14H25NO3/c1-2-3-9-18-14(16)6-7-15-8-10-17-13(11-15)12-4-5-12/h12-13H,2-11H2,1H3. The molecule has 1 saturated heterocycles. The number of unbranched alkanes of at least 4 members (excludes halogenated alkanes) is 1. The lowest BCUT2D eigenvalue weighted by molar-refractivity contribution is -0.144. The van der Waals surface area contributed by atoms with Gasteiger partial charge in [0, 0.05) is 19.6 Å². The van der Waals surface area contributed by atoms with E-state index in [0.29, 0.717) is 19.1 Å². The molecule has 1 atom stereocenters. The van der Waals surface area contributed by atoms with Gasteiger partial charge in [0.05, 0.1) is 25.7 Å². The van der Waals surface area contributed by atoms with Gasteiger partial charge in [0.15, 0.2) is 0 Å². The molecule has 0 bridgehead atoms. The molecule has 1 heterocycles. The van der Waals surface area contributed by atoms with Gasteiger partial charge in [0.25, 0.3) is 0 Å². The average molecular weight is 255 g/mol. The van der Waals surface area contributed by atoms with E-state index in [2.05, 4.69) is 11.8 Å². The largest absolute Gasteiger partial charge is 0.466 e. The number of esters is 1. The van der Waals surface area contributed by atoms with Crippen LogP contribution in [0.2, 0.25) is 0 Å². The van der Waals surface area contributed by atoms with Crippen molar-refractivity contribution in [2.75, 3.05) is 32.8 Å². The Bertz CT molecular complexity index is 266. The Hall–Kier alpha value is -0.610. The van der Waals surface area contributed by atoms with Gasteiger partial charge in [0.2, 0.25) is 0 Å². The Morgan fingerprint density at radius 3 is 3.00 bits per heavy atom. The molecule has 0 aromatic rings. The van der Waals surface area contributed by atoms with Crippen molar-refractivity contribution in [1.29, 1.82) is 0 Å². The number of rotatable bonds is 7. The molecule has 2 rings (SSSR count). The minimum Gasteiger partial charge on any atom is -0.466 e. The molecule has 104 valence electrons. The molecule has 1 unspecified atom stereocenters. The zero-order valence-corrected chi connectivity index (χ0v) is 11.4. The SMILES string of the molecule is CCCCOC(=O)CCN1CCOC(C2CC2)C1. The highest BCUT2D eigenvalue weighted by Crippen LogP contribution is 2.35. The van der Waals surface area contributed by atoms with E-state index < -0.39 is 0 Å². The number of hydrogen-bond donors (Lipinski definition) is 0. The lowest BCUT2D eigenvalue weighted by Gasteiger charge is -2.32. The highest BCUT2D eigenvalue weighted by Gasteiger charge is 2.35. The van der Waals surface area contributed by atoms with Gasteiger partial charge in [-0.2, -0.15) is 0 Å². The van der Waals surface area contributed by atoms with E-state index in [4.69, 9.17) is 9.47 Å². The highest BCUT2D eigenvalue weighted by molar-refractivity contribution is 5.69. The van der Waals surface area contributed by atoms with Crippen molar-refractivity contribution in [3.8, 4) is 0 Å². The van der Waals surface area contributed by atoms with E-state index in [1.54, 1.807) is 0 Å².